The van der Waals surface area contributed by atoms with Crippen molar-refractivity contribution in [3.05, 3.63) is 11.3 Å². The van der Waals surface area contributed by atoms with Gasteiger partial charge in [-0.2, -0.15) is 0 Å². The molecule has 0 aromatic carbocycles. The molecule has 100 valence electrons. The molecular weight excluding hydrogens is 252 g/mol. The van der Waals surface area contributed by atoms with Crippen LogP contribution >= 0.6 is 0 Å². The summed E-state index contributed by atoms with van der Waals surface area (Å²) >= 11 is 0. The third-order valence-corrected chi connectivity index (χ3v) is 4.91. The lowest BCUT2D eigenvalue weighted by atomic mass is 10.00. The Morgan fingerprint density at radius 2 is 1.83 bits per heavy atom. The molecule has 0 saturated heterocycles. The van der Waals surface area contributed by atoms with Crippen LogP contribution in [0.4, 0.5) is 0 Å². The lowest BCUT2D eigenvalue weighted by Crippen LogP contribution is -2.20. The molecule has 1 nitrogen and oxygen atoms in total. The SMILES string of the molecule is C[Si](C)(C)C#C/C(=C/[Si](C)(C)C)C1CCC(=O)C1. The van der Waals surface area contributed by atoms with Crippen molar-refractivity contribution in [1.29, 1.82) is 0 Å². The van der Waals surface area contributed by atoms with Crippen LogP contribution in [0, 0.1) is 17.4 Å². The standard InChI is InChI=1S/C15H26OSi2/c1-17(2,3)10-9-14(12-18(4,5)6)13-7-8-15(16)11-13/h12-13H,7-8,11H2,1-6H3/b14-12-. The second-order valence-corrected chi connectivity index (χ2v) is 17.2. The summed E-state index contributed by atoms with van der Waals surface area (Å²) in [5, 5.41) is 0. The number of carbonyl (C=O) groups is 1. The van der Waals surface area contributed by atoms with Crippen molar-refractivity contribution in [2.75, 3.05) is 0 Å². The first-order chi connectivity index (χ1) is 8.07. The Bertz CT molecular complexity index is 410. The molecule has 1 rings (SSSR count). The van der Waals surface area contributed by atoms with Crippen molar-refractivity contribution in [2.45, 2.75) is 58.5 Å². The number of hydrogen-bond acceptors (Lipinski definition) is 1. The summed E-state index contributed by atoms with van der Waals surface area (Å²) in [7, 11) is -2.60. The fourth-order valence-corrected chi connectivity index (χ4v) is 3.82. The predicted octanol–water partition coefficient (Wildman–Crippen LogP) is 4.04. The van der Waals surface area contributed by atoms with E-state index in [0.29, 0.717) is 11.7 Å². The topological polar surface area (TPSA) is 17.1 Å². The Morgan fingerprint density at radius 3 is 2.22 bits per heavy atom. The Labute approximate surface area is 114 Å². The molecule has 3 heteroatoms. The maximum Gasteiger partial charge on any atom is 0.133 e. The Hall–Kier alpha value is -0.596. The molecule has 0 amide bonds. The molecule has 1 aliphatic rings. The third kappa shape index (κ3) is 5.83. The molecule has 1 fully saturated rings. The van der Waals surface area contributed by atoms with Gasteiger partial charge in [0, 0.05) is 12.8 Å². The van der Waals surface area contributed by atoms with Crippen LogP contribution in [-0.4, -0.2) is 21.9 Å². The van der Waals surface area contributed by atoms with E-state index >= 15 is 0 Å². The maximum atomic E-state index is 11.5. The monoisotopic (exact) mass is 278 g/mol. The first kappa shape index (κ1) is 15.5. The zero-order chi connectivity index (χ0) is 14.0. The Kier molecular flexibility index (Phi) is 4.80. The second kappa shape index (κ2) is 5.58. The van der Waals surface area contributed by atoms with Gasteiger partial charge < -0.3 is 0 Å². The van der Waals surface area contributed by atoms with Crippen LogP contribution in [0.3, 0.4) is 0 Å². The van der Waals surface area contributed by atoms with Gasteiger partial charge in [-0.25, -0.2) is 0 Å². The van der Waals surface area contributed by atoms with Crippen LogP contribution in [0.1, 0.15) is 19.3 Å². The quantitative estimate of drug-likeness (QED) is 0.550. The van der Waals surface area contributed by atoms with Crippen molar-refractivity contribution >= 4 is 21.9 Å². The van der Waals surface area contributed by atoms with Crippen LogP contribution in [0.2, 0.25) is 39.3 Å². The summed E-state index contributed by atoms with van der Waals surface area (Å²) in [5.41, 5.74) is 7.14. The molecule has 18 heavy (non-hydrogen) atoms. The van der Waals surface area contributed by atoms with Crippen LogP contribution < -0.4 is 0 Å². The summed E-state index contributed by atoms with van der Waals surface area (Å²) in [5.74, 6) is 4.26. The molecule has 1 atom stereocenters. The smallest absolute Gasteiger partial charge is 0.133 e. The van der Waals surface area contributed by atoms with E-state index in [2.05, 4.69) is 56.4 Å². The van der Waals surface area contributed by atoms with Crippen LogP contribution in [0.15, 0.2) is 11.3 Å². The molecule has 0 bridgehead atoms. The first-order valence-corrected chi connectivity index (χ1v) is 13.9. The number of ketones is 1. The van der Waals surface area contributed by atoms with Crippen molar-refractivity contribution in [2.24, 2.45) is 5.92 Å². The minimum atomic E-state index is -1.33. The number of carbonyl (C=O) groups excluding carboxylic acids is 1. The van der Waals surface area contributed by atoms with Gasteiger partial charge in [0.1, 0.15) is 13.9 Å². The molecule has 1 saturated carbocycles. The van der Waals surface area contributed by atoms with Crippen LogP contribution in [0.25, 0.3) is 0 Å². The maximum absolute atomic E-state index is 11.5. The number of rotatable bonds is 2. The molecule has 0 aromatic rings. The zero-order valence-corrected chi connectivity index (χ0v) is 14.7. The van der Waals surface area contributed by atoms with Crippen molar-refractivity contribution < 1.29 is 4.79 Å². The third-order valence-electron chi connectivity index (χ3n) is 2.86. The van der Waals surface area contributed by atoms with Gasteiger partial charge >= 0.3 is 0 Å². The lowest BCUT2D eigenvalue weighted by molar-refractivity contribution is -0.117. The molecule has 0 heterocycles. The van der Waals surface area contributed by atoms with E-state index < -0.39 is 16.1 Å². The summed E-state index contributed by atoms with van der Waals surface area (Å²) in [6, 6.07) is 0. The van der Waals surface area contributed by atoms with Gasteiger partial charge in [-0.1, -0.05) is 50.9 Å². The highest BCUT2D eigenvalue weighted by Gasteiger charge is 2.26. The van der Waals surface area contributed by atoms with Gasteiger partial charge in [0.25, 0.3) is 0 Å². The fourth-order valence-electron chi connectivity index (χ4n) is 2.06. The van der Waals surface area contributed by atoms with E-state index in [0.717, 1.165) is 19.3 Å². The fraction of sp³-hybridized carbons (Fsp3) is 0.667. The van der Waals surface area contributed by atoms with E-state index in [9.17, 15) is 4.79 Å². The Balaban J connectivity index is 2.99. The van der Waals surface area contributed by atoms with Gasteiger partial charge in [-0.15, -0.1) is 5.54 Å². The van der Waals surface area contributed by atoms with Gasteiger partial charge in [-0.3, -0.25) is 4.79 Å². The van der Waals surface area contributed by atoms with E-state index in [1.165, 1.54) is 5.57 Å². The predicted molar refractivity (Wildman–Crippen MR) is 84.9 cm³/mol. The molecule has 0 N–H and O–H groups in total. The van der Waals surface area contributed by atoms with E-state index in [4.69, 9.17) is 0 Å². The van der Waals surface area contributed by atoms with E-state index in [1.807, 2.05) is 0 Å². The number of hydrogen-bond donors (Lipinski definition) is 0. The summed E-state index contributed by atoms with van der Waals surface area (Å²) in [4.78, 5) is 11.5. The molecule has 0 aromatic heterocycles. The zero-order valence-electron chi connectivity index (χ0n) is 12.7. The number of allylic oxidation sites excluding steroid dienone is 1. The van der Waals surface area contributed by atoms with Gasteiger partial charge in [-0.05, 0) is 17.9 Å². The van der Waals surface area contributed by atoms with Crippen molar-refractivity contribution in [3.63, 3.8) is 0 Å². The van der Waals surface area contributed by atoms with E-state index in [-0.39, 0.29) is 0 Å². The lowest BCUT2D eigenvalue weighted by Gasteiger charge is -2.16. The van der Waals surface area contributed by atoms with Gasteiger partial charge in [0.15, 0.2) is 0 Å². The Morgan fingerprint density at radius 1 is 1.22 bits per heavy atom. The minimum Gasteiger partial charge on any atom is -0.300 e. The van der Waals surface area contributed by atoms with Gasteiger partial charge in [0.2, 0.25) is 0 Å². The number of Topliss-reactive ketones (excluding diaryl/α,β-unsaturated/α-hetero) is 1. The highest BCUT2D eigenvalue weighted by atomic mass is 28.3. The average molecular weight is 279 g/mol. The normalized spacial score (nSPS) is 21.8. The highest BCUT2D eigenvalue weighted by molar-refractivity contribution is 6.84. The molecule has 1 unspecified atom stereocenters. The van der Waals surface area contributed by atoms with Crippen molar-refractivity contribution in [3.8, 4) is 11.5 Å². The molecule has 0 radical (unpaired) electrons. The summed E-state index contributed by atoms with van der Waals surface area (Å²) in [6.07, 6.45) is 2.48. The molecule has 1 aliphatic carbocycles. The van der Waals surface area contributed by atoms with Crippen LogP contribution in [-0.2, 0) is 4.79 Å². The average Bonchev–Trinajstić information content (AvgIpc) is 2.56. The summed E-state index contributed by atoms with van der Waals surface area (Å²) in [6.45, 7) is 13.8. The van der Waals surface area contributed by atoms with Crippen molar-refractivity contribution in [1.82, 2.24) is 0 Å². The molecule has 0 spiro atoms. The van der Waals surface area contributed by atoms with E-state index in [1.54, 1.807) is 0 Å². The highest BCUT2D eigenvalue weighted by Crippen LogP contribution is 2.29. The molecule has 0 aliphatic heterocycles. The van der Waals surface area contributed by atoms with Gasteiger partial charge in [0.05, 0.1) is 8.07 Å². The largest absolute Gasteiger partial charge is 0.300 e. The first-order valence-electron chi connectivity index (χ1n) is 6.84. The summed E-state index contributed by atoms with van der Waals surface area (Å²) < 4.78 is 0. The molecular formula is C15H26OSi2. The second-order valence-electron chi connectivity index (χ2n) is 7.44. The minimum absolute atomic E-state index is 0.410. The van der Waals surface area contributed by atoms with Crippen LogP contribution in [0.5, 0.6) is 0 Å².